The molecular weight excluding hydrogens is 1320 g/mol. The number of hydrogen-bond acceptors (Lipinski definition) is 37. The van der Waals surface area contributed by atoms with Crippen molar-refractivity contribution in [3.05, 3.63) is 30.6 Å². The van der Waals surface area contributed by atoms with Crippen molar-refractivity contribution >= 4 is 46.9 Å². The number of phosphoric acid groups is 6. The molecule has 0 aliphatic rings. The summed E-state index contributed by atoms with van der Waals surface area (Å²) in [5, 5.41) is 84.0. The average Bonchev–Trinajstić information content (AvgIpc) is 2.87. The van der Waals surface area contributed by atoms with Crippen LogP contribution in [0.5, 0.6) is 0 Å². The van der Waals surface area contributed by atoms with Crippen LogP contribution in [0.1, 0.15) is 0 Å². The van der Waals surface area contributed by atoms with E-state index in [0.717, 1.165) is 0 Å². The number of rotatable bonds is 0. The maximum Gasteiger partial charge on any atom is 6.00 e. The Bertz CT molecular complexity index is 695. The molecule has 0 aromatic carbocycles. The average molecular weight is 1320 g/mol. The number of nitrogens with zero attached hydrogens (tertiary/aromatic N) is 1. The molecule has 0 aliphatic heterocycles. The number of aromatic nitrogens is 1. The van der Waals surface area contributed by atoms with E-state index in [1.807, 2.05) is 18.2 Å². The molecule has 0 saturated carbocycles. The van der Waals surface area contributed by atoms with Crippen molar-refractivity contribution < 1.29 is 284 Å². The monoisotopic (exact) mass is 1330 g/mol. The first-order valence-electron chi connectivity index (χ1n) is 7.23. The van der Waals surface area contributed by atoms with Gasteiger partial charge in [0.05, 0.1) is 0 Å². The first kappa shape index (κ1) is 111. The van der Waals surface area contributed by atoms with E-state index in [4.69, 9.17) is 179 Å². The fourth-order valence-corrected chi connectivity index (χ4v) is 0.313. The van der Waals surface area contributed by atoms with Crippen molar-refractivity contribution in [2.75, 3.05) is 0 Å². The summed E-state index contributed by atoms with van der Waals surface area (Å²) in [7, 11) is -32.3. The molecule has 0 spiro atoms. The van der Waals surface area contributed by atoms with Crippen LogP contribution in [-0.4, -0.2) is 4.98 Å². The molecule has 0 bridgehead atoms. The third-order valence-corrected chi connectivity index (χ3v) is 0.566. The number of pyridine rings is 1. The topological polar surface area (TPSA) is 807 Å². The van der Waals surface area contributed by atoms with Gasteiger partial charge in [0.1, 0.15) is 0 Å². The molecule has 0 radical (unpaired) electrons. The molecule has 1 rings (SSSR count). The molecule has 37 nitrogen and oxygen atoms in total. The second-order valence-corrected chi connectivity index (χ2v) is 9.07. The molecule has 1 aromatic rings. The predicted molar refractivity (Wildman–Crippen MR) is 69.9 cm³/mol. The molecule has 48 heteroatoms. The SMILES string of the molecule is O=P([O-])([O-])[O-].O=P([O-])([O-])[O-].O=P([O-])([O-])[O-].O=P([O-])([O-])[O-].O=P([O-])([O-])[O-].O=P([O-])([O-])[O-].[Mo+6].[Mo+6].[Mo+6].[Mo+6].[Mo+6].[O-][O-].[O-][O-].[O-][O-].[O-][O-].[O-][O-].[O-][O-].c1ccncc1. The van der Waals surface area contributed by atoms with Gasteiger partial charge in [0.15, 0.2) is 0 Å². The molecule has 0 unspecified atom stereocenters. The molecule has 0 N–H and O–H groups in total. The molecule has 0 saturated heterocycles. The van der Waals surface area contributed by atoms with Crippen molar-refractivity contribution in [3.8, 4) is 0 Å². The molecular formula is C5H5Mo5NO36P6. The summed E-state index contributed by atoms with van der Waals surface area (Å²) in [6.07, 6.45) is 3.50. The Hall–Kier alpha value is 2.77. The summed E-state index contributed by atoms with van der Waals surface area (Å²) in [6.45, 7) is 0. The third-order valence-electron chi connectivity index (χ3n) is 0.566. The van der Waals surface area contributed by atoms with Crippen LogP contribution in [0.4, 0.5) is 0 Å². The zero-order valence-electron chi connectivity index (χ0n) is 22.8. The third kappa shape index (κ3) is 1980. The molecule has 53 heavy (non-hydrogen) atoms. The standard InChI is InChI=1S/C5H5N.5Mo.6H3O4P.6O2/c1-2-4-6-5-3-1;;;;;;6*1-5(2,3)4;6*1-2/h1-5H;;;;;;6*(H3,1,2,3,4);;;;;;/q;5*+6;;;;;;;6*-2/p-18. The minimum atomic E-state index is -5.39. The minimum absolute atomic E-state index is 0. The van der Waals surface area contributed by atoms with Crippen LogP contribution >= 0.6 is 46.9 Å². The van der Waals surface area contributed by atoms with Crippen LogP contribution in [0.2, 0.25) is 0 Å². The van der Waals surface area contributed by atoms with Crippen molar-refractivity contribution in [3.63, 3.8) is 0 Å². The quantitative estimate of drug-likeness (QED) is 0.101. The summed E-state index contributed by atoms with van der Waals surface area (Å²) in [5.74, 6) is 0. The Morgan fingerprint density at radius 1 is 0.245 bits per heavy atom. The van der Waals surface area contributed by atoms with Gasteiger partial charge in [-0.05, 0) is 12.1 Å². The van der Waals surface area contributed by atoms with Gasteiger partial charge in [-0.2, -0.15) is 46.9 Å². The van der Waals surface area contributed by atoms with E-state index >= 15 is 0 Å². The minimum Gasteiger partial charge on any atom is -1.00 e. The van der Waals surface area contributed by atoms with Gasteiger partial charge >= 0.3 is 105 Å². The Morgan fingerprint density at radius 3 is 0.340 bits per heavy atom. The molecule has 1 aromatic heterocycles. The predicted octanol–water partition coefficient (Wildman–Crippen LogP) is -30.1. The first-order chi connectivity index (χ1) is 21.0. The van der Waals surface area contributed by atoms with Crippen molar-refractivity contribution in [2.24, 2.45) is 0 Å². The van der Waals surface area contributed by atoms with E-state index in [1.165, 1.54) is 0 Å². The second-order valence-electron chi connectivity index (χ2n) is 3.71. The van der Waals surface area contributed by atoms with Gasteiger partial charge in [-0.15, -0.1) is 0 Å². The van der Waals surface area contributed by atoms with Crippen LogP contribution in [0.15, 0.2) is 30.6 Å². The Morgan fingerprint density at radius 2 is 0.321 bits per heavy atom. The largest absolute Gasteiger partial charge is 6.00 e. The Kier molecular flexibility index (Phi) is 166. The Labute approximate surface area is 363 Å². The fourth-order valence-electron chi connectivity index (χ4n) is 0.313. The summed E-state index contributed by atoms with van der Waals surface area (Å²) >= 11 is 0. The van der Waals surface area contributed by atoms with E-state index in [0.29, 0.717) is 0 Å². The van der Waals surface area contributed by atoms with Gasteiger partial charge < -0.3 is 179 Å². The van der Waals surface area contributed by atoms with E-state index in [2.05, 4.69) is 4.98 Å². The number of hydrogen-bond donors (Lipinski definition) is 0. The zero-order valence-corrected chi connectivity index (χ0v) is 38.2. The summed E-state index contributed by atoms with van der Waals surface area (Å²) in [4.78, 5) is 158. The molecule has 306 valence electrons. The molecule has 0 fully saturated rings. The maximum atomic E-state index is 8.55. The summed E-state index contributed by atoms with van der Waals surface area (Å²) in [5.41, 5.74) is 0. The van der Waals surface area contributed by atoms with E-state index in [9.17, 15) is 0 Å². The first-order valence-corrected chi connectivity index (χ1v) is 16.0. The van der Waals surface area contributed by atoms with Gasteiger partial charge in [-0.1, -0.05) is 6.07 Å². The van der Waals surface area contributed by atoms with E-state index in [1.54, 1.807) is 12.4 Å². The van der Waals surface area contributed by atoms with E-state index in [-0.39, 0.29) is 105 Å². The second kappa shape index (κ2) is 79.0. The van der Waals surface area contributed by atoms with Gasteiger partial charge in [0.2, 0.25) is 0 Å². The van der Waals surface area contributed by atoms with Gasteiger partial charge in [0.25, 0.3) is 0 Å². The van der Waals surface area contributed by atoms with Crippen LogP contribution in [0.25, 0.3) is 0 Å². The van der Waals surface area contributed by atoms with Gasteiger partial charge in [-0.25, -0.2) is 0 Å². The van der Waals surface area contributed by atoms with Crippen molar-refractivity contribution in [2.45, 2.75) is 0 Å². The van der Waals surface area contributed by atoms with E-state index < -0.39 is 46.9 Å². The molecule has 1 heterocycles. The van der Waals surface area contributed by atoms with Gasteiger partial charge in [0, 0.05) is 12.4 Å². The fraction of sp³-hybridized carbons (Fsp3) is 0. The maximum absolute atomic E-state index is 8.55. The molecule has 0 atom stereocenters. The van der Waals surface area contributed by atoms with Crippen molar-refractivity contribution in [1.82, 2.24) is 4.98 Å². The summed E-state index contributed by atoms with van der Waals surface area (Å²) < 4.78 is 51.3. The van der Waals surface area contributed by atoms with Crippen LogP contribution < -0.4 is 151 Å². The smallest absolute Gasteiger partial charge is 1.00 e. The van der Waals surface area contributed by atoms with Crippen LogP contribution in [0, 0.1) is 0 Å². The zero-order chi connectivity index (χ0) is 43.2. The normalized spacial score (nSPS) is 8.26. The van der Waals surface area contributed by atoms with Crippen LogP contribution in [-0.2, 0) is 133 Å². The van der Waals surface area contributed by atoms with Crippen molar-refractivity contribution in [1.29, 1.82) is 0 Å². The Balaban J connectivity index is -0.0000000179. The van der Waals surface area contributed by atoms with Gasteiger partial charge in [-0.3, -0.25) is 4.98 Å². The van der Waals surface area contributed by atoms with Crippen LogP contribution in [0.3, 0.4) is 0 Å². The summed E-state index contributed by atoms with van der Waals surface area (Å²) in [6, 6.07) is 5.72. The molecule has 0 amide bonds. The molecule has 0 aliphatic carbocycles.